The number of hydrogen-bond donors (Lipinski definition) is 3. The second-order valence-corrected chi connectivity index (χ2v) is 4.70. The van der Waals surface area contributed by atoms with Crippen LogP contribution in [0.3, 0.4) is 0 Å². The molecule has 0 unspecified atom stereocenters. The minimum absolute atomic E-state index is 0.110. The third-order valence-electron chi connectivity index (χ3n) is 2.78. The first-order chi connectivity index (χ1) is 10.9. The summed E-state index contributed by atoms with van der Waals surface area (Å²) in [6.07, 6.45) is 1.28. The van der Waals surface area contributed by atoms with Gasteiger partial charge in [0.15, 0.2) is 5.78 Å². The lowest BCUT2D eigenvalue weighted by molar-refractivity contribution is -0.119. The van der Waals surface area contributed by atoms with E-state index in [-0.39, 0.29) is 17.3 Å². The number of benzene rings is 1. The molecule has 0 saturated heterocycles. The van der Waals surface area contributed by atoms with Crippen LogP contribution in [-0.4, -0.2) is 30.7 Å². The summed E-state index contributed by atoms with van der Waals surface area (Å²) in [5.74, 6) is -0.851. The van der Waals surface area contributed by atoms with Gasteiger partial charge in [-0.3, -0.25) is 14.4 Å². The standard InChI is InChI=1S/C16H18N4O3/c1-11(21)13-4-3-5-15(8-13)20-16(23)14(9-17)10-18-6-7-19-12(2)22/h3-5,8,10,18H,6-7H2,1-2H3,(H,19,22)(H,20,23)/b14-10-. The van der Waals surface area contributed by atoms with Crippen molar-refractivity contribution in [3.8, 4) is 6.07 Å². The molecule has 1 aromatic carbocycles. The Bertz CT molecular complexity index is 674. The van der Waals surface area contributed by atoms with E-state index in [1.165, 1.54) is 20.0 Å². The molecule has 1 rings (SSSR count). The molecule has 7 nitrogen and oxygen atoms in total. The molecule has 120 valence electrons. The third kappa shape index (κ3) is 6.44. The van der Waals surface area contributed by atoms with Crippen molar-refractivity contribution in [1.82, 2.24) is 10.6 Å². The summed E-state index contributed by atoms with van der Waals surface area (Å²) >= 11 is 0. The van der Waals surface area contributed by atoms with Gasteiger partial charge in [0, 0.05) is 37.5 Å². The van der Waals surface area contributed by atoms with E-state index in [2.05, 4.69) is 16.0 Å². The van der Waals surface area contributed by atoms with Crippen LogP contribution in [0.15, 0.2) is 36.0 Å². The Hall–Kier alpha value is -3.14. The molecule has 1 aromatic rings. The van der Waals surface area contributed by atoms with Crippen molar-refractivity contribution in [3.63, 3.8) is 0 Å². The lowest BCUT2D eigenvalue weighted by Gasteiger charge is -2.06. The first kappa shape index (κ1) is 17.9. The highest BCUT2D eigenvalue weighted by molar-refractivity contribution is 6.07. The van der Waals surface area contributed by atoms with Gasteiger partial charge < -0.3 is 16.0 Å². The minimum Gasteiger partial charge on any atom is -0.388 e. The molecule has 0 aliphatic rings. The Kier molecular flexibility index (Phi) is 7.01. The normalized spacial score (nSPS) is 10.4. The van der Waals surface area contributed by atoms with Crippen molar-refractivity contribution in [2.75, 3.05) is 18.4 Å². The predicted octanol–water partition coefficient (Wildman–Crippen LogP) is 0.961. The summed E-state index contributed by atoms with van der Waals surface area (Å²) in [4.78, 5) is 34.0. The number of amides is 2. The number of Topliss-reactive ketones (excluding diaryl/α,β-unsaturated/α-hetero) is 1. The van der Waals surface area contributed by atoms with Crippen molar-refractivity contribution in [3.05, 3.63) is 41.6 Å². The predicted molar refractivity (Wildman–Crippen MR) is 85.5 cm³/mol. The average molecular weight is 314 g/mol. The topological polar surface area (TPSA) is 111 Å². The van der Waals surface area contributed by atoms with E-state index in [0.29, 0.717) is 24.3 Å². The first-order valence-electron chi connectivity index (χ1n) is 6.94. The number of carbonyl (C=O) groups is 3. The zero-order valence-corrected chi connectivity index (χ0v) is 13.0. The lowest BCUT2D eigenvalue weighted by Crippen LogP contribution is -2.28. The molecule has 3 N–H and O–H groups in total. The number of nitrogens with zero attached hydrogens (tertiary/aromatic N) is 1. The number of nitriles is 1. The van der Waals surface area contributed by atoms with Crippen LogP contribution in [-0.2, 0) is 9.59 Å². The molecular formula is C16H18N4O3. The van der Waals surface area contributed by atoms with Crippen molar-refractivity contribution < 1.29 is 14.4 Å². The van der Waals surface area contributed by atoms with Gasteiger partial charge in [-0.1, -0.05) is 12.1 Å². The van der Waals surface area contributed by atoms with Crippen LogP contribution in [0.25, 0.3) is 0 Å². The number of hydrogen-bond acceptors (Lipinski definition) is 5. The zero-order valence-electron chi connectivity index (χ0n) is 13.0. The molecule has 2 amide bonds. The summed E-state index contributed by atoms with van der Waals surface area (Å²) in [5, 5.41) is 16.9. The van der Waals surface area contributed by atoms with Gasteiger partial charge >= 0.3 is 0 Å². The summed E-state index contributed by atoms with van der Waals surface area (Å²) in [6.45, 7) is 3.60. The maximum absolute atomic E-state index is 12.0. The molecule has 0 aliphatic heterocycles. The molecule has 0 bridgehead atoms. The molecule has 0 fully saturated rings. The Labute approximate surface area is 134 Å². The molecule has 7 heteroatoms. The van der Waals surface area contributed by atoms with Gasteiger partial charge in [-0.2, -0.15) is 5.26 Å². The highest BCUT2D eigenvalue weighted by Gasteiger charge is 2.10. The van der Waals surface area contributed by atoms with Crippen LogP contribution < -0.4 is 16.0 Å². The summed E-state index contributed by atoms with van der Waals surface area (Å²) in [6, 6.07) is 8.25. The van der Waals surface area contributed by atoms with E-state index in [1.54, 1.807) is 30.3 Å². The highest BCUT2D eigenvalue weighted by Crippen LogP contribution is 2.12. The minimum atomic E-state index is -0.583. The van der Waals surface area contributed by atoms with Gasteiger partial charge in [-0.05, 0) is 19.1 Å². The molecule has 0 spiro atoms. The number of carbonyl (C=O) groups excluding carboxylic acids is 3. The molecule has 0 aliphatic carbocycles. The fraction of sp³-hybridized carbons (Fsp3) is 0.250. The zero-order chi connectivity index (χ0) is 17.2. The fourth-order valence-corrected chi connectivity index (χ4v) is 1.65. The highest BCUT2D eigenvalue weighted by atomic mass is 16.2. The van der Waals surface area contributed by atoms with Crippen LogP contribution in [0.2, 0.25) is 0 Å². The fourth-order valence-electron chi connectivity index (χ4n) is 1.65. The Morgan fingerprint density at radius 2 is 1.96 bits per heavy atom. The summed E-state index contributed by atoms with van der Waals surface area (Å²) in [5.41, 5.74) is 0.793. The third-order valence-corrected chi connectivity index (χ3v) is 2.78. The van der Waals surface area contributed by atoms with E-state index in [9.17, 15) is 14.4 Å². The van der Waals surface area contributed by atoms with Crippen molar-refractivity contribution in [2.24, 2.45) is 0 Å². The largest absolute Gasteiger partial charge is 0.388 e. The Morgan fingerprint density at radius 1 is 1.22 bits per heavy atom. The summed E-state index contributed by atoms with van der Waals surface area (Å²) in [7, 11) is 0. The van der Waals surface area contributed by atoms with Gasteiger partial charge in [0.2, 0.25) is 5.91 Å². The van der Waals surface area contributed by atoms with Gasteiger partial charge in [-0.15, -0.1) is 0 Å². The molecule has 0 aromatic heterocycles. The van der Waals surface area contributed by atoms with Gasteiger partial charge in [-0.25, -0.2) is 0 Å². The van der Waals surface area contributed by atoms with Crippen molar-refractivity contribution >= 4 is 23.3 Å². The monoisotopic (exact) mass is 314 g/mol. The van der Waals surface area contributed by atoms with Crippen LogP contribution in [0.1, 0.15) is 24.2 Å². The van der Waals surface area contributed by atoms with Crippen molar-refractivity contribution in [2.45, 2.75) is 13.8 Å². The van der Waals surface area contributed by atoms with Crippen LogP contribution in [0, 0.1) is 11.3 Å². The van der Waals surface area contributed by atoms with Crippen LogP contribution in [0.5, 0.6) is 0 Å². The van der Waals surface area contributed by atoms with Crippen LogP contribution in [0.4, 0.5) is 5.69 Å². The Morgan fingerprint density at radius 3 is 2.57 bits per heavy atom. The molecule has 0 atom stereocenters. The second-order valence-electron chi connectivity index (χ2n) is 4.70. The van der Waals surface area contributed by atoms with Crippen LogP contribution >= 0.6 is 0 Å². The van der Waals surface area contributed by atoms with E-state index in [4.69, 9.17) is 5.26 Å². The average Bonchev–Trinajstić information content (AvgIpc) is 2.50. The second kappa shape index (κ2) is 9.00. The van der Waals surface area contributed by atoms with E-state index in [1.807, 2.05) is 0 Å². The molecule has 0 radical (unpaired) electrons. The molecular weight excluding hydrogens is 296 g/mol. The maximum atomic E-state index is 12.0. The van der Waals surface area contributed by atoms with Gasteiger partial charge in [0.25, 0.3) is 5.91 Å². The maximum Gasteiger partial charge on any atom is 0.267 e. The summed E-state index contributed by atoms with van der Waals surface area (Å²) < 4.78 is 0. The number of anilines is 1. The smallest absolute Gasteiger partial charge is 0.267 e. The molecule has 23 heavy (non-hydrogen) atoms. The quantitative estimate of drug-likeness (QED) is 0.300. The van der Waals surface area contributed by atoms with E-state index >= 15 is 0 Å². The van der Waals surface area contributed by atoms with E-state index < -0.39 is 5.91 Å². The molecule has 0 heterocycles. The van der Waals surface area contributed by atoms with E-state index in [0.717, 1.165) is 0 Å². The lowest BCUT2D eigenvalue weighted by atomic mass is 10.1. The number of rotatable bonds is 7. The molecule has 0 saturated carbocycles. The first-order valence-corrected chi connectivity index (χ1v) is 6.94. The number of nitrogens with one attached hydrogen (secondary N) is 3. The number of ketones is 1. The Balaban J connectivity index is 2.63. The van der Waals surface area contributed by atoms with Gasteiger partial charge in [0.05, 0.1) is 0 Å². The SMILES string of the molecule is CC(=O)NCCN/C=C(/C#N)C(=O)Nc1cccc(C(C)=O)c1. The van der Waals surface area contributed by atoms with Gasteiger partial charge in [0.1, 0.15) is 11.6 Å². The van der Waals surface area contributed by atoms with Crippen molar-refractivity contribution in [1.29, 1.82) is 5.26 Å².